The summed E-state index contributed by atoms with van der Waals surface area (Å²) >= 11 is -2.24. The predicted octanol–water partition coefficient (Wildman–Crippen LogP) is 7.75. The summed E-state index contributed by atoms with van der Waals surface area (Å²) in [5, 5.41) is 22.7. The first-order valence-electron chi connectivity index (χ1n) is 12.1. The number of aryl methyl sites for hydroxylation is 2. The van der Waals surface area contributed by atoms with E-state index in [0.29, 0.717) is 16.8 Å². The van der Waals surface area contributed by atoms with Crippen molar-refractivity contribution < 1.29 is 23.4 Å². The predicted molar refractivity (Wildman–Crippen MR) is 154 cm³/mol. The first kappa shape index (κ1) is 27.7. The lowest BCUT2D eigenvalue weighted by Gasteiger charge is -2.20. The van der Waals surface area contributed by atoms with Crippen LogP contribution in [0.2, 0.25) is 0 Å². The minimum Gasteiger partial charge on any atom is -0.505 e. The first-order chi connectivity index (χ1) is 18.3. The quantitative estimate of drug-likeness (QED) is 0.114. The van der Waals surface area contributed by atoms with Crippen molar-refractivity contribution in [2.45, 2.75) is 45.1 Å². The second kappa shape index (κ2) is 10.8. The number of aromatic hydroxyl groups is 1. The van der Waals surface area contributed by atoms with Crippen LogP contribution in [0.25, 0.3) is 21.9 Å². The molecule has 4 aromatic rings. The zero-order valence-electron chi connectivity index (χ0n) is 22.3. The van der Waals surface area contributed by atoms with Crippen molar-refractivity contribution in [2.75, 3.05) is 11.1 Å². The summed E-state index contributed by atoms with van der Waals surface area (Å²) < 4.78 is 26.5. The second-order valence-electron chi connectivity index (χ2n) is 10.1. The molecule has 39 heavy (non-hydrogen) atoms. The van der Waals surface area contributed by atoms with Gasteiger partial charge in [0.1, 0.15) is 11.3 Å². The number of ether oxygens (including phenoxy) is 1. The second-order valence-corrected chi connectivity index (χ2v) is 11.1. The largest absolute Gasteiger partial charge is 0.505 e. The zero-order chi connectivity index (χ0) is 28.5. The molecule has 0 heterocycles. The maximum Gasteiger partial charge on any atom is 0.412 e. The molecule has 4 rings (SSSR count). The zero-order valence-corrected chi connectivity index (χ0v) is 23.1. The lowest BCUT2D eigenvalue weighted by Crippen LogP contribution is -2.27. The number of nitrogen functional groups attached to an aromatic ring is 1. The highest BCUT2D eigenvalue weighted by Gasteiger charge is 2.17. The SMILES string of the molecule is Cc1cc(-c2ccc(NC(=O)OC(C)(C)C)c(C)c2)ccc1N=Nc1ccc2c(S(=O)O)ccc(N)c2c1O. The highest BCUT2D eigenvalue weighted by molar-refractivity contribution is 7.79. The molecule has 0 saturated carbocycles. The number of phenols is 1. The lowest BCUT2D eigenvalue weighted by atomic mass is 10.00. The third-order valence-electron chi connectivity index (χ3n) is 5.97. The van der Waals surface area contributed by atoms with Crippen molar-refractivity contribution in [3.63, 3.8) is 0 Å². The number of amides is 1. The number of benzene rings is 4. The maximum absolute atomic E-state index is 12.1. The van der Waals surface area contributed by atoms with Crippen molar-refractivity contribution in [3.8, 4) is 16.9 Å². The Morgan fingerprint density at radius 1 is 0.923 bits per heavy atom. The fourth-order valence-electron chi connectivity index (χ4n) is 4.10. The summed E-state index contributed by atoms with van der Waals surface area (Å²) in [7, 11) is 0. The van der Waals surface area contributed by atoms with Crippen LogP contribution >= 0.6 is 0 Å². The molecule has 0 radical (unpaired) electrons. The fraction of sp³-hybridized carbons (Fsp3) is 0.207. The lowest BCUT2D eigenvalue weighted by molar-refractivity contribution is 0.0635. The van der Waals surface area contributed by atoms with E-state index in [4.69, 9.17) is 10.5 Å². The van der Waals surface area contributed by atoms with Gasteiger partial charge in [0, 0.05) is 16.8 Å². The van der Waals surface area contributed by atoms with Crippen molar-refractivity contribution in [1.82, 2.24) is 0 Å². The van der Waals surface area contributed by atoms with Gasteiger partial charge in [-0.05, 0) is 99.3 Å². The number of nitrogens with two attached hydrogens (primary N) is 1. The van der Waals surface area contributed by atoms with Crippen LogP contribution in [0.3, 0.4) is 0 Å². The molecule has 0 aliphatic rings. The van der Waals surface area contributed by atoms with Gasteiger partial charge in [0.15, 0.2) is 16.8 Å². The van der Waals surface area contributed by atoms with Gasteiger partial charge in [-0.3, -0.25) is 5.32 Å². The number of carbonyl (C=O) groups excluding carboxylic acids is 1. The van der Waals surface area contributed by atoms with Crippen LogP contribution in [-0.4, -0.2) is 25.6 Å². The minimum atomic E-state index is -2.24. The standard InChI is InChI=1S/C29H30N4O5S/c1-16-14-18(6-10-22(16)31-28(35)38-29(3,4)5)19-7-11-23(17(2)15-19)32-33-24-12-8-20-25(39(36)37)13-9-21(30)26(20)27(24)34/h6-15,34H,30H2,1-5H3,(H,31,35)(H,36,37). The Balaban J connectivity index is 1.57. The van der Waals surface area contributed by atoms with E-state index >= 15 is 0 Å². The van der Waals surface area contributed by atoms with E-state index in [9.17, 15) is 18.7 Å². The smallest absolute Gasteiger partial charge is 0.412 e. The van der Waals surface area contributed by atoms with Crippen LogP contribution in [0.15, 0.2) is 75.8 Å². The summed E-state index contributed by atoms with van der Waals surface area (Å²) in [6, 6.07) is 17.5. The summed E-state index contributed by atoms with van der Waals surface area (Å²) in [4.78, 5) is 12.3. The number of phenolic OH excluding ortho intramolecular Hbond substituents is 1. The molecule has 0 fully saturated rings. The number of rotatable bonds is 5. The van der Waals surface area contributed by atoms with E-state index in [1.807, 2.05) is 71.0 Å². The Kier molecular flexibility index (Phi) is 7.71. The van der Waals surface area contributed by atoms with Gasteiger partial charge in [0.2, 0.25) is 0 Å². The molecule has 4 aromatic carbocycles. The van der Waals surface area contributed by atoms with Crippen LogP contribution in [-0.2, 0) is 15.8 Å². The number of anilines is 2. The number of hydrogen-bond donors (Lipinski definition) is 4. The Labute approximate surface area is 229 Å². The van der Waals surface area contributed by atoms with Crippen LogP contribution in [0.1, 0.15) is 31.9 Å². The van der Waals surface area contributed by atoms with Gasteiger partial charge >= 0.3 is 6.09 Å². The average Bonchev–Trinajstić information content (AvgIpc) is 2.84. The van der Waals surface area contributed by atoms with E-state index in [1.54, 1.807) is 6.07 Å². The van der Waals surface area contributed by atoms with Crippen LogP contribution in [0, 0.1) is 13.8 Å². The van der Waals surface area contributed by atoms with Crippen molar-refractivity contribution in [3.05, 3.63) is 71.8 Å². The Bertz CT molecular complexity index is 1640. The third-order valence-corrected chi connectivity index (χ3v) is 6.70. The van der Waals surface area contributed by atoms with Crippen LogP contribution in [0.5, 0.6) is 5.75 Å². The number of nitrogens with one attached hydrogen (secondary N) is 1. The van der Waals surface area contributed by atoms with Gasteiger partial charge in [-0.2, -0.15) is 5.11 Å². The summed E-state index contributed by atoms with van der Waals surface area (Å²) in [5.41, 5.74) is 10.8. The van der Waals surface area contributed by atoms with Gasteiger partial charge in [0.25, 0.3) is 0 Å². The number of nitrogens with zero attached hydrogens (tertiary/aromatic N) is 2. The Morgan fingerprint density at radius 3 is 2.15 bits per heavy atom. The molecule has 1 amide bonds. The highest BCUT2D eigenvalue weighted by atomic mass is 32.2. The highest BCUT2D eigenvalue weighted by Crippen LogP contribution is 2.41. The summed E-state index contributed by atoms with van der Waals surface area (Å²) in [5.74, 6) is -0.217. The van der Waals surface area contributed by atoms with Crippen LogP contribution in [0.4, 0.5) is 27.5 Å². The Morgan fingerprint density at radius 2 is 1.54 bits per heavy atom. The minimum absolute atomic E-state index is 0.147. The average molecular weight is 547 g/mol. The normalized spacial score (nSPS) is 12.6. The third kappa shape index (κ3) is 6.24. The Hall–Kier alpha value is -4.28. The molecule has 0 aliphatic carbocycles. The maximum atomic E-state index is 12.1. The van der Waals surface area contributed by atoms with E-state index in [2.05, 4.69) is 15.5 Å². The van der Waals surface area contributed by atoms with Gasteiger partial charge in [0.05, 0.1) is 16.0 Å². The number of fused-ring (bicyclic) bond motifs is 1. The monoisotopic (exact) mass is 546 g/mol. The van der Waals surface area contributed by atoms with Crippen molar-refractivity contribution in [2.24, 2.45) is 10.2 Å². The molecular formula is C29H30N4O5S. The van der Waals surface area contributed by atoms with Crippen LogP contribution < -0.4 is 11.1 Å². The molecule has 5 N–H and O–H groups in total. The van der Waals surface area contributed by atoms with E-state index in [0.717, 1.165) is 22.3 Å². The number of azo groups is 1. The number of carbonyl (C=O) groups is 1. The molecule has 202 valence electrons. The molecular weight excluding hydrogens is 516 g/mol. The van der Waals surface area contributed by atoms with E-state index < -0.39 is 22.8 Å². The molecule has 1 unspecified atom stereocenters. The van der Waals surface area contributed by atoms with Crippen molar-refractivity contribution >= 4 is 50.7 Å². The fourth-order valence-corrected chi connectivity index (χ4v) is 4.64. The molecule has 0 spiro atoms. The molecule has 0 aliphatic heterocycles. The molecule has 0 bridgehead atoms. The summed E-state index contributed by atoms with van der Waals surface area (Å²) in [6.07, 6.45) is -0.507. The molecule has 9 nitrogen and oxygen atoms in total. The first-order valence-corrected chi connectivity index (χ1v) is 13.2. The van der Waals surface area contributed by atoms with Gasteiger partial charge in [-0.15, -0.1) is 5.11 Å². The molecule has 0 aromatic heterocycles. The summed E-state index contributed by atoms with van der Waals surface area (Å²) in [6.45, 7) is 9.25. The van der Waals surface area contributed by atoms with Gasteiger partial charge in [-0.25, -0.2) is 9.00 Å². The number of hydrogen-bond acceptors (Lipinski definition) is 7. The topological polar surface area (TPSA) is 147 Å². The van der Waals surface area contributed by atoms with Gasteiger partial charge in [-0.1, -0.05) is 18.2 Å². The van der Waals surface area contributed by atoms with Crippen molar-refractivity contribution in [1.29, 1.82) is 0 Å². The molecule has 0 saturated heterocycles. The van der Waals surface area contributed by atoms with E-state index in [1.165, 1.54) is 18.2 Å². The van der Waals surface area contributed by atoms with Gasteiger partial charge < -0.3 is 20.1 Å². The molecule has 10 heteroatoms. The van der Waals surface area contributed by atoms with E-state index in [-0.39, 0.29) is 27.4 Å². The molecule has 1 atom stereocenters.